The summed E-state index contributed by atoms with van der Waals surface area (Å²) in [5.74, 6) is 0. The van der Waals surface area contributed by atoms with E-state index in [0.717, 1.165) is 33.3 Å². The molecule has 2 aliphatic rings. The highest BCUT2D eigenvalue weighted by molar-refractivity contribution is 7.21. The fourth-order valence-electron chi connectivity index (χ4n) is 9.02. The standard InChI is InChI=1S/C45H26N2OS2/c1-2-10-27(11-3-1)46-37-15-7-4-12-29(37)31-25-36-40(26-39(31)46)47(28-18-19-42-32(24-28)30-13-5-9-17-41(30)48-42)38-16-8-6-14-33(38)45(36)34-20-22-49-43(34)44-35(45)21-23-50-44/h1-26H. The van der Waals surface area contributed by atoms with E-state index in [9.17, 15) is 0 Å². The number of benzene rings is 6. The van der Waals surface area contributed by atoms with Gasteiger partial charge in [0.05, 0.1) is 27.8 Å². The minimum absolute atomic E-state index is 0.441. The Morgan fingerprint density at radius 2 is 1.14 bits per heavy atom. The number of fused-ring (bicyclic) bond motifs is 15. The summed E-state index contributed by atoms with van der Waals surface area (Å²) in [5.41, 5.74) is 13.8. The van der Waals surface area contributed by atoms with Gasteiger partial charge in [-0.2, -0.15) is 0 Å². The van der Waals surface area contributed by atoms with E-state index >= 15 is 0 Å². The Hall–Kier alpha value is -5.88. The van der Waals surface area contributed by atoms with E-state index in [2.05, 4.69) is 160 Å². The first-order valence-electron chi connectivity index (χ1n) is 16.9. The molecule has 234 valence electrons. The molecule has 1 spiro atoms. The van der Waals surface area contributed by atoms with Crippen LogP contribution in [0.1, 0.15) is 22.3 Å². The fourth-order valence-corrected chi connectivity index (χ4v) is 11.1. The molecule has 0 atom stereocenters. The lowest BCUT2D eigenvalue weighted by Crippen LogP contribution is -2.35. The van der Waals surface area contributed by atoms with Crippen LogP contribution in [0.3, 0.4) is 0 Å². The number of hydrogen-bond acceptors (Lipinski definition) is 4. The van der Waals surface area contributed by atoms with Gasteiger partial charge in [-0.05, 0) is 106 Å². The van der Waals surface area contributed by atoms with E-state index in [1.807, 2.05) is 28.7 Å². The zero-order valence-electron chi connectivity index (χ0n) is 26.6. The molecule has 0 saturated heterocycles. The number of furan rings is 1. The van der Waals surface area contributed by atoms with Gasteiger partial charge in [-0.25, -0.2) is 0 Å². The molecular weight excluding hydrogens is 649 g/mol. The van der Waals surface area contributed by atoms with E-state index in [4.69, 9.17) is 4.42 Å². The molecule has 0 fully saturated rings. The molecular formula is C45H26N2OS2. The van der Waals surface area contributed by atoms with Crippen LogP contribution in [-0.4, -0.2) is 4.57 Å². The van der Waals surface area contributed by atoms with Gasteiger partial charge in [0.15, 0.2) is 0 Å². The van der Waals surface area contributed by atoms with Gasteiger partial charge < -0.3 is 13.9 Å². The third-order valence-corrected chi connectivity index (χ3v) is 13.0. The van der Waals surface area contributed by atoms with Gasteiger partial charge in [0, 0.05) is 42.7 Å². The monoisotopic (exact) mass is 674 g/mol. The molecule has 0 unspecified atom stereocenters. The first-order valence-corrected chi connectivity index (χ1v) is 18.7. The molecule has 0 saturated carbocycles. The summed E-state index contributed by atoms with van der Waals surface area (Å²) in [6.07, 6.45) is 0. The van der Waals surface area contributed by atoms with Crippen molar-refractivity contribution in [2.24, 2.45) is 0 Å². The van der Waals surface area contributed by atoms with E-state index in [0.29, 0.717) is 0 Å². The topological polar surface area (TPSA) is 21.3 Å². The normalized spacial score (nSPS) is 14.1. The van der Waals surface area contributed by atoms with Crippen molar-refractivity contribution < 1.29 is 4.42 Å². The zero-order valence-corrected chi connectivity index (χ0v) is 28.3. The van der Waals surface area contributed by atoms with Crippen molar-refractivity contribution in [3.05, 3.63) is 179 Å². The number of nitrogens with zero attached hydrogens (tertiary/aromatic N) is 2. The van der Waals surface area contributed by atoms with Crippen LogP contribution < -0.4 is 4.90 Å². The molecule has 5 heterocycles. The van der Waals surface area contributed by atoms with Crippen LogP contribution in [0.25, 0.3) is 59.2 Å². The summed E-state index contributed by atoms with van der Waals surface area (Å²) in [6, 6.07) is 53.5. The smallest absolute Gasteiger partial charge is 0.135 e. The predicted molar refractivity (Wildman–Crippen MR) is 209 cm³/mol. The first-order chi connectivity index (χ1) is 24.8. The minimum atomic E-state index is -0.441. The number of rotatable bonds is 2. The third-order valence-electron chi connectivity index (χ3n) is 11.0. The Morgan fingerprint density at radius 1 is 0.440 bits per heavy atom. The van der Waals surface area contributed by atoms with Gasteiger partial charge in [-0.15, -0.1) is 22.7 Å². The lowest BCUT2D eigenvalue weighted by atomic mass is 9.65. The van der Waals surface area contributed by atoms with Crippen molar-refractivity contribution in [2.45, 2.75) is 5.41 Å². The second-order valence-corrected chi connectivity index (χ2v) is 15.1. The second kappa shape index (κ2) is 9.63. The molecule has 1 aliphatic carbocycles. The summed E-state index contributed by atoms with van der Waals surface area (Å²) < 4.78 is 8.74. The quantitative estimate of drug-likeness (QED) is 0.182. The average molecular weight is 675 g/mol. The van der Waals surface area contributed by atoms with Gasteiger partial charge >= 0.3 is 0 Å². The zero-order chi connectivity index (χ0) is 32.6. The number of thiophene rings is 2. The molecule has 0 N–H and O–H groups in total. The molecule has 10 aromatic rings. The maximum absolute atomic E-state index is 6.31. The molecule has 3 nitrogen and oxygen atoms in total. The molecule has 0 radical (unpaired) electrons. The van der Waals surface area contributed by atoms with Crippen LogP contribution in [0.5, 0.6) is 0 Å². The maximum atomic E-state index is 6.31. The largest absolute Gasteiger partial charge is 0.456 e. The van der Waals surface area contributed by atoms with Crippen molar-refractivity contribution in [1.82, 2.24) is 4.57 Å². The van der Waals surface area contributed by atoms with Crippen LogP contribution in [-0.2, 0) is 5.41 Å². The number of para-hydroxylation sites is 4. The Labute approximate surface area is 295 Å². The number of aromatic nitrogens is 1. The molecule has 0 amide bonds. The molecule has 50 heavy (non-hydrogen) atoms. The van der Waals surface area contributed by atoms with Gasteiger partial charge in [0.25, 0.3) is 0 Å². The minimum Gasteiger partial charge on any atom is -0.456 e. The highest BCUT2D eigenvalue weighted by Crippen LogP contribution is 2.66. The summed E-state index contributed by atoms with van der Waals surface area (Å²) in [7, 11) is 0. The lowest BCUT2D eigenvalue weighted by Gasteiger charge is -2.44. The van der Waals surface area contributed by atoms with Gasteiger partial charge in [0.2, 0.25) is 0 Å². The second-order valence-electron chi connectivity index (χ2n) is 13.3. The molecule has 1 aliphatic heterocycles. The van der Waals surface area contributed by atoms with Gasteiger partial charge in [-0.1, -0.05) is 72.8 Å². The lowest BCUT2D eigenvalue weighted by molar-refractivity contribution is 0.669. The summed E-state index contributed by atoms with van der Waals surface area (Å²) in [6.45, 7) is 0. The Balaban J connectivity index is 1.26. The summed E-state index contributed by atoms with van der Waals surface area (Å²) in [5, 5.41) is 9.34. The Morgan fingerprint density at radius 3 is 1.98 bits per heavy atom. The summed E-state index contributed by atoms with van der Waals surface area (Å²) in [4.78, 5) is 5.28. The van der Waals surface area contributed by atoms with Crippen LogP contribution in [0.4, 0.5) is 17.1 Å². The Bertz CT molecular complexity index is 2970. The van der Waals surface area contributed by atoms with E-state index in [1.165, 1.54) is 65.2 Å². The van der Waals surface area contributed by atoms with Crippen LogP contribution in [0.15, 0.2) is 161 Å². The number of anilines is 3. The molecule has 0 bridgehead atoms. The molecule has 6 aromatic carbocycles. The fraction of sp³-hybridized carbons (Fsp3) is 0.0222. The van der Waals surface area contributed by atoms with Crippen LogP contribution in [0.2, 0.25) is 0 Å². The van der Waals surface area contributed by atoms with Crippen molar-refractivity contribution in [3.8, 4) is 15.4 Å². The van der Waals surface area contributed by atoms with Gasteiger partial charge in [0.1, 0.15) is 11.2 Å². The maximum Gasteiger partial charge on any atom is 0.135 e. The Kier molecular flexibility index (Phi) is 5.20. The average Bonchev–Trinajstić information content (AvgIpc) is 3.99. The molecule has 4 aromatic heterocycles. The third kappa shape index (κ3) is 3.25. The van der Waals surface area contributed by atoms with Crippen molar-refractivity contribution in [1.29, 1.82) is 0 Å². The van der Waals surface area contributed by atoms with E-state index < -0.39 is 5.41 Å². The summed E-state index contributed by atoms with van der Waals surface area (Å²) >= 11 is 3.73. The van der Waals surface area contributed by atoms with Crippen LogP contribution in [0, 0.1) is 0 Å². The van der Waals surface area contributed by atoms with E-state index in [1.54, 1.807) is 0 Å². The van der Waals surface area contributed by atoms with Crippen LogP contribution >= 0.6 is 22.7 Å². The van der Waals surface area contributed by atoms with Crippen molar-refractivity contribution in [2.75, 3.05) is 4.90 Å². The van der Waals surface area contributed by atoms with Crippen molar-refractivity contribution >= 4 is 83.5 Å². The van der Waals surface area contributed by atoms with E-state index in [-0.39, 0.29) is 0 Å². The molecule has 5 heteroatoms. The SMILES string of the molecule is c1ccc(-n2c3ccccc3c3cc4c(cc32)N(c2ccc3oc5ccccc5c3c2)c2ccccc2C42c3ccsc3-c3sccc32)cc1. The van der Waals surface area contributed by atoms with Crippen molar-refractivity contribution in [3.63, 3.8) is 0 Å². The van der Waals surface area contributed by atoms with Gasteiger partial charge in [-0.3, -0.25) is 0 Å². The first kappa shape index (κ1) is 27.0. The highest BCUT2D eigenvalue weighted by Gasteiger charge is 2.53. The predicted octanol–water partition coefficient (Wildman–Crippen LogP) is 13.0. The highest BCUT2D eigenvalue weighted by atomic mass is 32.1. The number of hydrogen-bond donors (Lipinski definition) is 0. The molecule has 12 rings (SSSR count).